The van der Waals surface area contributed by atoms with Crippen LogP contribution in [-0.2, 0) is 11.0 Å². The zero-order valence-electron chi connectivity index (χ0n) is 12.7. The lowest BCUT2D eigenvalue weighted by molar-refractivity contribution is 0.229. The Morgan fingerprint density at radius 3 is 2.47 bits per heavy atom. The van der Waals surface area contributed by atoms with Crippen LogP contribution in [0.5, 0.6) is 0 Å². The Labute approximate surface area is 118 Å². The van der Waals surface area contributed by atoms with Gasteiger partial charge >= 0.3 is 0 Å². The smallest absolute Gasteiger partial charge is 0.0976 e. The summed E-state index contributed by atoms with van der Waals surface area (Å²) < 4.78 is 17.4. The fourth-order valence-electron chi connectivity index (χ4n) is 2.44. The predicted molar refractivity (Wildman–Crippen MR) is 79.1 cm³/mol. The summed E-state index contributed by atoms with van der Waals surface area (Å²) in [6.07, 6.45) is 2.79. The average molecular weight is 283 g/mol. The van der Waals surface area contributed by atoms with E-state index in [1.165, 1.54) is 0 Å². The molecule has 19 heavy (non-hydrogen) atoms. The molecule has 0 bridgehead atoms. The number of fused-ring (bicyclic) bond motifs is 1. The molecule has 1 aromatic rings. The number of aromatic nitrogens is 2. The maximum Gasteiger partial charge on any atom is 0.0976 e. The lowest BCUT2D eigenvalue weighted by Gasteiger charge is -2.28. The fraction of sp³-hybridized carbons (Fsp3) is 0.786. The molecule has 0 aliphatic carbocycles. The lowest BCUT2D eigenvalue weighted by Crippen LogP contribution is -2.35. The summed E-state index contributed by atoms with van der Waals surface area (Å²) >= 11 is 0. The van der Waals surface area contributed by atoms with Crippen molar-refractivity contribution in [2.45, 2.75) is 64.8 Å². The van der Waals surface area contributed by atoms with Gasteiger partial charge in [0.2, 0.25) is 0 Å². The Bertz CT molecular complexity index is 482. The lowest BCUT2D eigenvalue weighted by atomic mass is 9.85. The van der Waals surface area contributed by atoms with Crippen molar-refractivity contribution in [3.63, 3.8) is 0 Å². The van der Waals surface area contributed by atoms with Crippen molar-refractivity contribution < 1.29 is 4.21 Å². The molecule has 0 saturated heterocycles. The Kier molecular flexibility index (Phi) is 3.64. The molecule has 108 valence electrons. The van der Waals surface area contributed by atoms with Crippen LogP contribution >= 0.6 is 0 Å². The van der Waals surface area contributed by atoms with Gasteiger partial charge in [-0.3, -0.25) is 4.68 Å². The van der Waals surface area contributed by atoms with Gasteiger partial charge < -0.3 is 0 Å². The van der Waals surface area contributed by atoms with E-state index < -0.39 is 11.0 Å². The van der Waals surface area contributed by atoms with Crippen molar-refractivity contribution in [3.8, 4) is 0 Å². The molecule has 1 aliphatic heterocycles. The van der Waals surface area contributed by atoms with Crippen molar-refractivity contribution in [3.05, 3.63) is 18.0 Å². The van der Waals surface area contributed by atoms with E-state index in [9.17, 15) is 4.21 Å². The van der Waals surface area contributed by atoms with Gasteiger partial charge in [-0.2, -0.15) is 5.10 Å². The summed E-state index contributed by atoms with van der Waals surface area (Å²) in [5.74, 6) is 0. The van der Waals surface area contributed by atoms with Crippen LogP contribution in [0.25, 0.3) is 0 Å². The molecule has 0 radical (unpaired) electrons. The first-order valence-electron chi connectivity index (χ1n) is 6.82. The highest BCUT2D eigenvalue weighted by molar-refractivity contribution is 7.84. The molecule has 0 fully saturated rings. The Morgan fingerprint density at radius 1 is 1.32 bits per heavy atom. The summed E-state index contributed by atoms with van der Waals surface area (Å²) in [5.41, 5.74) is 1.30. The quantitative estimate of drug-likeness (QED) is 0.907. The molecule has 1 aliphatic rings. The van der Waals surface area contributed by atoms with Crippen LogP contribution in [0.15, 0.2) is 12.3 Å². The second-order valence-electron chi connectivity index (χ2n) is 7.37. The normalized spacial score (nSPS) is 25.4. The van der Waals surface area contributed by atoms with Gasteiger partial charge in [-0.15, -0.1) is 0 Å². The Hall–Kier alpha value is -0.680. The number of nitrogens with one attached hydrogen (secondary N) is 1. The minimum absolute atomic E-state index is 0.131. The molecule has 0 amide bonds. The minimum Gasteiger partial charge on any atom is -0.264 e. The topological polar surface area (TPSA) is 46.9 Å². The highest BCUT2D eigenvalue weighted by atomic mass is 32.2. The van der Waals surface area contributed by atoms with Gasteiger partial charge in [-0.05, 0) is 38.7 Å². The zero-order valence-corrected chi connectivity index (χ0v) is 13.5. The number of rotatable bonds is 2. The van der Waals surface area contributed by atoms with Crippen LogP contribution < -0.4 is 4.72 Å². The summed E-state index contributed by atoms with van der Waals surface area (Å²) in [5, 5.41) is 4.44. The molecule has 4 nitrogen and oxygen atoms in total. The van der Waals surface area contributed by atoms with Crippen molar-refractivity contribution in [2.75, 3.05) is 0 Å². The van der Waals surface area contributed by atoms with E-state index in [2.05, 4.69) is 35.3 Å². The third kappa shape index (κ3) is 2.92. The molecule has 2 rings (SSSR count). The first-order valence-corrected chi connectivity index (χ1v) is 7.97. The third-order valence-corrected chi connectivity index (χ3v) is 5.23. The van der Waals surface area contributed by atoms with E-state index in [1.54, 1.807) is 0 Å². The molecule has 0 aromatic carbocycles. The van der Waals surface area contributed by atoms with Crippen LogP contribution in [-0.4, -0.2) is 18.7 Å². The van der Waals surface area contributed by atoms with Gasteiger partial charge in [0.15, 0.2) is 0 Å². The van der Waals surface area contributed by atoms with E-state index in [0.717, 1.165) is 12.1 Å². The SMILES string of the molecule is CC(C)(C)[C@H]1C[C@@H](N[S@@](=O)C(C)(C)C)c2ccnn21. The second-order valence-corrected chi connectivity index (χ2v) is 9.37. The van der Waals surface area contributed by atoms with Crippen LogP contribution in [0.3, 0.4) is 0 Å². The van der Waals surface area contributed by atoms with E-state index in [4.69, 9.17) is 0 Å². The van der Waals surface area contributed by atoms with Crippen molar-refractivity contribution in [1.29, 1.82) is 0 Å². The molecular weight excluding hydrogens is 258 g/mol. The molecule has 0 unspecified atom stereocenters. The number of nitrogens with zero attached hydrogens (tertiary/aromatic N) is 2. The summed E-state index contributed by atoms with van der Waals surface area (Å²) in [4.78, 5) is 0. The number of hydrogen-bond donors (Lipinski definition) is 1. The Morgan fingerprint density at radius 2 is 1.95 bits per heavy atom. The first-order chi connectivity index (χ1) is 8.60. The van der Waals surface area contributed by atoms with E-state index in [1.807, 2.05) is 33.0 Å². The Balaban J connectivity index is 2.21. The largest absolute Gasteiger partial charge is 0.264 e. The van der Waals surface area contributed by atoms with Crippen LogP contribution in [0.2, 0.25) is 0 Å². The highest BCUT2D eigenvalue weighted by Gasteiger charge is 2.39. The standard InChI is InChI=1S/C14H25N3OS/c1-13(2,3)12-9-10(11-7-8-15-17(11)12)16-19(18)14(4,5)6/h7-8,10,12,16H,9H2,1-6H3/t10-,12-,19+/m1/s1. The summed E-state index contributed by atoms with van der Waals surface area (Å²) in [6, 6.07) is 2.52. The van der Waals surface area contributed by atoms with Crippen molar-refractivity contribution in [1.82, 2.24) is 14.5 Å². The minimum atomic E-state index is -1.05. The maximum atomic E-state index is 12.3. The highest BCUT2D eigenvalue weighted by Crippen LogP contribution is 2.44. The van der Waals surface area contributed by atoms with Crippen LogP contribution in [0, 0.1) is 5.41 Å². The van der Waals surface area contributed by atoms with Crippen LogP contribution in [0.4, 0.5) is 0 Å². The molecule has 2 heterocycles. The van der Waals surface area contributed by atoms with Gasteiger partial charge in [-0.25, -0.2) is 8.93 Å². The third-order valence-electron chi connectivity index (χ3n) is 3.62. The predicted octanol–water partition coefficient (Wildman–Crippen LogP) is 2.97. The monoisotopic (exact) mass is 283 g/mol. The molecule has 0 spiro atoms. The average Bonchev–Trinajstić information content (AvgIpc) is 2.77. The second kappa shape index (κ2) is 4.70. The number of hydrogen-bond acceptors (Lipinski definition) is 2. The van der Waals surface area contributed by atoms with E-state index in [-0.39, 0.29) is 16.2 Å². The molecular formula is C14H25N3OS. The molecule has 5 heteroatoms. The molecule has 1 aromatic heterocycles. The molecule has 0 saturated carbocycles. The van der Waals surface area contributed by atoms with Crippen molar-refractivity contribution in [2.24, 2.45) is 5.41 Å². The summed E-state index contributed by atoms with van der Waals surface area (Å²) in [6.45, 7) is 12.7. The van der Waals surface area contributed by atoms with Gasteiger partial charge in [0.25, 0.3) is 0 Å². The van der Waals surface area contributed by atoms with Gasteiger partial charge in [-0.1, -0.05) is 20.8 Å². The van der Waals surface area contributed by atoms with Gasteiger partial charge in [0, 0.05) is 6.20 Å². The molecule has 1 N–H and O–H groups in total. The van der Waals surface area contributed by atoms with E-state index in [0.29, 0.717) is 6.04 Å². The van der Waals surface area contributed by atoms with Crippen LogP contribution in [0.1, 0.15) is 65.7 Å². The van der Waals surface area contributed by atoms with E-state index >= 15 is 0 Å². The van der Waals surface area contributed by atoms with Gasteiger partial charge in [0.1, 0.15) is 0 Å². The maximum absolute atomic E-state index is 12.3. The summed E-state index contributed by atoms with van der Waals surface area (Å²) in [7, 11) is -1.05. The van der Waals surface area contributed by atoms with Crippen molar-refractivity contribution >= 4 is 11.0 Å². The fourth-order valence-corrected chi connectivity index (χ4v) is 3.27. The van der Waals surface area contributed by atoms with Gasteiger partial charge in [0.05, 0.1) is 33.5 Å². The zero-order chi connectivity index (χ0) is 14.4. The first kappa shape index (κ1) is 14.7. The molecule has 3 atom stereocenters.